The van der Waals surface area contributed by atoms with Crippen molar-refractivity contribution in [3.63, 3.8) is 0 Å². The summed E-state index contributed by atoms with van der Waals surface area (Å²) in [6, 6.07) is 11.1. The van der Waals surface area contributed by atoms with Gasteiger partial charge in [0.25, 0.3) is 0 Å². The maximum absolute atomic E-state index is 12.9. The van der Waals surface area contributed by atoms with Crippen LogP contribution in [0, 0.1) is 11.8 Å². The summed E-state index contributed by atoms with van der Waals surface area (Å²) in [5.41, 5.74) is -0.352. The number of carbonyl (C=O) groups excluding carboxylic acids is 2. The fourth-order valence-electron chi connectivity index (χ4n) is 3.53. The Balaban J connectivity index is 1.62. The van der Waals surface area contributed by atoms with E-state index >= 15 is 0 Å². The van der Waals surface area contributed by atoms with E-state index in [1.54, 1.807) is 43.3 Å². The van der Waals surface area contributed by atoms with E-state index in [1.807, 2.05) is 0 Å². The second-order valence-corrected chi connectivity index (χ2v) is 9.25. The zero-order chi connectivity index (χ0) is 24.9. The van der Waals surface area contributed by atoms with E-state index in [9.17, 15) is 32.7 Å². The monoisotopic (exact) mass is 492 g/mol. The van der Waals surface area contributed by atoms with Crippen molar-refractivity contribution >= 4 is 40.9 Å². The van der Waals surface area contributed by atoms with E-state index in [4.69, 9.17) is 0 Å². The van der Waals surface area contributed by atoms with E-state index in [2.05, 4.69) is 10.6 Å². The highest BCUT2D eigenvalue weighted by Crippen LogP contribution is 2.32. The largest absolute Gasteiger partial charge is 0.481 e. The molecule has 0 saturated carbocycles. The van der Waals surface area contributed by atoms with Gasteiger partial charge in [0.2, 0.25) is 11.8 Å². The number of rotatable bonds is 7. The Hall–Kier alpha value is -3.27. The van der Waals surface area contributed by atoms with Gasteiger partial charge in [-0.1, -0.05) is 24.3 Å². The minimum Gasteiger partial charge on any atom is -0.481 e. The van der Waals surface area contributed by atoms with Crippen LogP contribution >= 0.6 is 11.8 Å². The van der Waals surface area contributed by atoms with Crippen LogP contribution in [0.1, 0.15) is 25.3 Å². The van der Waals surface area contributed by atoms with E-state index in [-0.39, 0.29) is 5.69 Å². The third-order valence-corrected chi connectivity index (χ3v) is 6.42. The Bertz CT molecular complexity index is 1100. The highest BCUT2D eigenvalue weighted by Gasteiger charge is 2.34. The third kappa shape index (κ3) is 6.63. The maximum Gasteiger partial charge on any atom is 0.416 e. The van der Waals surface area contributed by atoms with Gasteiger partial charge >= 0.3 is 12.1 Å². The molecule has 6 nitrogen and oxygen atoms in total. The highest BCUT2D eigenvalue weighted by atomic mass is 32.2. The molecule has 3 unspecified atom stereocenters. The zero-order valence-corrected chi connectivity index (χ0v) is 19.0. The molecule has 0 aromatic heterocycles. The van der Waals surface area contributed by atoms with E-state index in [0.717, 1.165) is 12.1 Å². The quantitative estimate of drug-likeness (QED) is 0.354. The lowest BCUT2D eigenvalue weighted by molar-refractivity contribution is -0.146. The Morgan fingerprint density at radius 1 is 0.971 bits per heavy atom. The van der Waals surface area contributed by atoms with Crippen LogP contribution in [-0.4, -0.2) is 28.1 Å². The lowest BCUT2D eigenvalue weighted by Crippen LogP contribution is -2.34. The smallest absolute Gasteiger partial charge is 0.416 e. The topological polar surface area (TPSA) is 95.5 Å². The maximum atomic E-state index is 12.9. The first-order valence-electron chi connectivity index (χ1n) is 10.5. The number of nitrogens with one attached hydrogen (secondary N) is 2. The van der Waals surface area contributed by atoms with Crippen molar-refractivity contribution < 1.29 is 32.7 Å². The van der Waals surface area contributed by atoms with Gasteiger partial charge in [0.1, 0.15) is 0 Å². The molecule has 10 heteroatoms. The molecular formula is C24H23F3N2O4S. The van der Waals surface area contributed by atoms with Gasteiger partial charge in [-0.05, 0) is 56.2 Å². The normalized spacial score (nSPS) is 18.7. The number of anilines is 2. The lowest BCUT2D eigenvalue weighted by Gasteiger charge is -2.24. The number of carboxylic acid groups (broad SMARTS) is 1. The predicted molar refractivity (Wildman–Crippen MR) is 123 cm³/mol. The molecule has 3 rings (SSSR count). The summed E-state index contributed by atoms with van der Waals surface area (Å²) in [5.74, 6) is -3.36. The van der Waals surface area contributed by atoms with Gasteiger partial charge in [0.05, 0.1) is 22.6 Å². The standard InChI is InChI=1S/C24H23F3N2O4S/c1-14(21(30)28-16-7-4-6-15(12-16)24(25,26)27)34-18-9-5-8-17(13-18)29-22(31)19-10-2-3-11-20(19)23(32)33/h2-9,12-14,19-20H,10-11H2,1H3,(H,28,30)(H,29,31)(H,32,33). The highest BCUT2D eigenvalue weighted by molar-refractivity contribution is 8.00. The first-order chi connectivity index (χ1) is 16.0. The summed E-state index contributed by atoms with van der Waals surface area (Å²) in [6.45, 7) is 1.62. The molecule has 0 heterocycles. The molecule has 0 fully saturated rings. The van der Waals surface area contributed by atoms with Crippen molar-refractivity contribution in [2.45, 2.75) is 36.1 Å². The van der Waals surface area contributed by atoms with E-state index in [1.165, 1.54) is 23.9 Å². The number of benzene rings is 2. The third-order valence-electron chi connectivity index (χ3n) is 5.33. The summed E-state index contributed by atoms with van der Waals surface area (Å²) in [4.78, 5) is 37.3. The minimum absolute atomic E-state index is 0.0443. The van der Waals surface area contributed by atoms with E-state index in [0.29, 0.717) is 23.4 Å². The second-order valence-electron chi connectivity index (χ2n) is 7.84. The summed E-state index contributed by atoms with van der Waals surface area (Å²) >= 11 is 1.17. The number of alkyl halides is 3. The van der Waals surface area contributed by atoms with Gasteiger partial charge in [-0.2, -0.15) is 13.2 Å². The second kappa shape index (κ2) is 10.8. The number of carbonyl (C=O) groups is 3. The molecular weight excluding hydrogens is 469 g/mol. The molecule has 0 aliphatic heterocycles. The molecule has 0 spiro atoms. The van der Waals surface area contributed by atoms with Crippen LogP contribution in [-0.2, 0) is 20.6 Å². The predicted octanol–water partition coefficient (Wildman–Crippen LogP) is 5.43. The van der Waals surface area contributed by atoms with Crippen molar-refractivity contribution in [2.75, 3.05) is 10.6 Å². The number of aliphatic carboxylic acids is 1. The van der Waals surface area contributed by atoms with Gasteiger partial charge in [0, 0.05) is 16.3 Å². The molecule has 2 amide bonds. The molecule has 1 aliphatic rings. The number of halogens is 3. The molecule has 3 atom stereocenters. The summed E-state index contributed by atoms with van der Waals surface area (Å²) < 4.78 is 38.6. The van der Waals surface area contributed by atoms with Crippen LogP contribution in [0.5, 0.6) is 0 Å². The van der Waals surface area contributed by atoms with Gasteiger partial charge in [-0.15, -0.1) is 11.8 Å². The van der Waals surface area contributed by atoms with Crippen LogP contribution in [0.4, 0.5) is 24.5 Å². The SMILES string of the molecule is CC(Sc1cccc(NC(=O)C2CC=CCC2C(=O)O)c1)C(=O)Nc1cccc(C(F)(F)F)c1. The first-order valence-corrected chi connectivity index (χ1v) is 11.4. The van der Waals surface area contributed by atoms with E-state index < -0.39 is 46.6 Å². The lowest BCUT2D eigenvalue weighted by atomic mass is 9.82. The van der Waals surface area contributed by atoms with Gasteiger partial charge < -0.3 is 15.7 Å². The molecule has 2 aromatic carbocycles. The van der Waals surface area contributed by atoms with Crippen molar-refractivity contribution in [3.05, 3.63) is 66.2 Å². The molecule has 34 heavy (non-hydrogen) atoms. The molecule has 2 aromatic rings. The zero-order valence-electron chi connectivity index (χ0n) is 18.1. The molecule has 1 aliphatic carbocycles. The van der Waals surface area contributed by atoms with Crippen molar-refractivity contribution in [1.29, 1.82) is 0 Å². The first kappa shape index (κ1) is 25.4. The number of thioether (sulfide) groups is 1. The average Bonchev–Trinajstić information content (AvgIpc) is 2.78. The molecule has 3 N–H and O–H groups in total. The van der Waals surface area contributed by atoms with Crippen LogP contribution in [0.3, 0.4) is 0 Å². The van der Waals surface area contributed by atoms with Crippen LogP contribution in [0.25, 0.3) is 0 Å². The average molecular weight is 493 g/mol. The number of carboxylic acids is 1. The number of hydrogen-bond donors (Lipinski definition) is 3. The summed E-state index contributed by atoms with van der Waals surface area (Å²) in [6.07, 6.45) is -0.331. The minimum atomic E-state index is -4.51. The summed E-state index contributed by atoms with van der Waals surface area (Å²) in [7, 11) is 0. The van der Waals surface area contributed by atoms with Crippen LogP contribution in [0.2, 0.25) is 0 Å². The number of hydrogen-bond acceptors (Lipinski definition) is 4. The van der Waals surface area contributed by atoms with Crippen molar-refractivity contribution in [2.24, 2.45) is 11.8 Å². The number of allylic oxidation sites excluding steroid dienone is 2. The Morgan fingerprint density at radius 3 is 2.24 bits per heavy atom. The fraction of sp³-hybridized carbons (Fsp3) is 0.292. The molecule has 0 saturated heterocycles. The fourth-order valence-corrected chi connectivity index (χ4v) is 4.46. The number of amides is 2. The van der Waals surface area contributed by atoms with Gasteiger partial charge in [-0.3, -0.25) is 14.4 Å². The van der Waals surface area contributed by atoms with Gasteiger partial charge in [0.15, 0.2) is 0 Å². The van der Waals surface area contributed by atoms with Gasteiger partial charge in [-0.25, -0.2) is 0 Å². The Morgan fingerprint density at radius 2 is 1.59 bits per heavy atom. The Labute approximate surface area is 198 Å². The molecule has 180 valence electrons. The molecule has 0 radical (unpaired) electrons. The van der Waals surface area contributed by atoms with Crippen molar-refractivity contribution in [1.82, 2.24) is 0 Å². The molecule has 0 bridgehead atoms. The Kier molecular flexibility index (Phi) is 8.03. The van der Waals surface area contributed by atoms with Crippen LogP contribution in [0.15, 0.2) is 65.6 Å². The van der Waals surface area contributed by atoms with Crippen LogP contribution < -0.4 is 10.6 Å². The summed E-state index contributed by atoms with van der Waals surface area (Å²) in [5, 5.41) is 14.0. The van der Waals surface area contributed by atoms with Crippen molar-refractivity contribution in [3.8, 4) is 0 Å².